The van der Waals surface area contributed by atoms with Crippen LogP contribution in [0.1, 0.15) is 61.4 Å². The number of rotatable bonds is 11. The maximum Gasteiger partial charge on any atom is 0.220 e. The van der Waals surface area contributed by atoms with Gasteiger partial charge >= 0.3 is 0 Å². The molecule has 2 aliphatic heterocycles. The average Bonchev–Trinajstić information content (AvgIpc) is 3.74. The SMILES string of the molecule is COc1nc(-c2cccc(-c3cccc(-c4ccc5c(n4)CCCC5NCC4CCC(=O)N4)c3Cl)c2Cl)ccc1CNC[C@H]1CCC(=O)N1. The lowest BCUT2D eigenvalue weighted by Crippen LogP contribution is -2.38. The van der Waals surface area contributed by atoms with Crippen LogP contribution in [-0.2, 0) is 22.6 Å². The number of pyridine rings is 2. The molecule has 2 aromatic carbocycles. The highest BCUT2D eigenvalue weighted by atomic mass is 35.5. The van der Waals surface area contributed by atoms with Crippen LogP contribution in [0.3, 0.4) is 0 Å². The summed E-state index contributed by atoms with van der Waals surface area (Å²) in [4.78, 5) is 33.1. The largest absolute Gasteiger partial charge is 0.481 e. The van der Waals surface area contributed by atoms with E-state index in [4.69, 9.17) is 37.9 Å². The van der Waals surface area contributed by atoms with Gasteiger partial charge in [-0.15, -0.1) is 0 Å². The Bertz CT molecular complexity index is 1880. The van der Waals surface area contributed by atoms with Crippen LogP contribution in [-0.4, -0.2) is 54.1 Å². The Labute approximate surface area is 296 Å². The van der Waals surface area contributed by atoms with Crippen molar-refractivity contribution in [3.63, 3.8) is 0 Å². The molecule has 11 heteroatoms. The summed E-state index contributed by atoms with van der Waals surface area (Å²) in [5.41, 5.74) is 7.98. The van der Waals surface area contributed by atoms with Gasteiger partial charge in [0.05, 0.1) is 28.5 Å². The standard InChI is InChI=1S/C38H40Cl2N6O3/c1-49-38-22(19-41-20-23-12-17-34(47)43-23)11-15-33(46-38)29-8-3-6-26(37(29)40)25-5-2-7-28(36(25)39)32-16-14-27-30(9-4-10-31(27)45-32)42-21-24-13-18-35(48)44-24/h2-3,5-8,11,14-16,23-24,30,41-42H,4,9-10,12-13,17-21H2,1H3,(H,43,47)(H,44,48)/t23-,24?,30?/m1/s1. The first-order chi connectivity index (χ1) is 23.9. The maximum atomic E-state index is 11.6. The molecule has 0 bridgehead atoms. The first kappa shape index (κ1) is 33.5. The van der Waals surface area contributed by atoms with Crippen molar-refractivity contribution in [2.45, 2.75) is 69.6 Å². The minimum atomic E-state index is 0.105. The highest BCUT2D eigenvalue weighted by molar-refractivity contribution is 6.39. The van der Waals surface area contributed by atoms with Crippen molar-refractivity contribution in [2.75, 3.05) is 20.2 Å². The molecule has 4 aromatic rings. The number of carbonyl (C=O) groups excluding carboxylic acids is 2. The van der Waals surface area contributed by atoms with Gasteiger partial charge in [-0.2, -0.15) is 0 Å². The number of ether oxygens (including phenoxy) is 1. The molecule has 3 atom stereocenters. The summed E-state index contributed by atoms with van der Waals surface area (Å²) in [5.74, 6) is 0.759. The second kappa shape index (κ2) is 14.8. The lowest BCUT2D eigenvalue weighted by atomic mass is 9.90. The van der Waals surface area contributed by atoms with Gasteiger partial charge in [0.1, 0.15) is 0 Å². The summed E-state index contributed by atoms with van der Waals surface area (Å²) in [6.45, 7) is 2.01. The Morgan fingerprint density at radius 1 is 0.755 bits per heavy atom. The summed E-state index contributed by atoms with van der Waals surface area (Å²) in [7, 11) is 1.61. The van der Waals surface area contributed by atoms with Crippen LogP contribution in [0.15, 0.2) is 60.7 Å². The monoisotopic (exact) mass is 698 g/mol. The zero-order chi connectivity index (χ0) is 33.9. The number of methoxy groups -OCH3 is 1. The van der Waals surface area contributed by atoms with Gasteiger partial charge in [0, 0.05) is 84.1 Å². The average molecular weight is 700 g/mol. The normalized spacial score (nSPS) is 20.2. The molecule has 2 amide bonds. The van der Waals surface area contributed by atoms with Crippen molar-refractivity contribution >= 4 is 35.0 Å². The van der Waals surface area contributed by atoms with Gasteiger partial charge in [0.25, 0.3) is 0 Å². The van der Waals surface area contributed by atoms with E-state index in [9.17, 15) is 9.59 Å². The Morgan fingerprint density at radius 3 is 2.00 bits per heavy atom. The van der Waals surface area contributed by atoms with Gasteiger partial charge in [0.15, 0.2) is 0 Å². The molecule has 0 saturated carbocycles. The number of hydrogen-bond donors (Lipinski definition) is 4. The first-order valence-corrected chi connectivity index (χ1v) is 17.8. The number of benzene rings is 2. The van der Waals surface area contributed by atoms with Crippen molar-refractivity contribution in [1.29, 1.82) is 0 Å². The number of halogens is 2. The van der Waals surface area contributed by atoms with Crippen molar-refractivity contribution in [3.05, 3.63) is 87.5 Å². The second-order valence-electron chi connectivity index (χ2n) is 13.0. The third-order valence-electron chi connectivity index (χ3n) is 9.75. The molecule has 2 unspecified atom stereocenters. The fourth-order valence-electron chi connectivity index (χ4n) is 7.15. The molecule has 49 heavy (non-hydrogen) atoms. The summed E-state index contributed by atoms with van der Waals surface area (Å²) < 4.78 is 5.66. The molecular weight excluding hydrogens is 659 g/mol. The van der Waals surface area contributed by atoms with E-state index in [1.807, 2.05) is 48.5 Å². The molecule has 2 aromatic heterocycles. The second-order valence-corrected chi connectivity index (χ2v) is 13.8. The highest BCUT2D eigenvalue weighted by Gasteiger charge is 2.26. The van der Waals surface area contributed by atoms with E-state index in [0.29, 0.717) is 47.6 Å². The van der Waals surface area contributed by atoms with Crippen LogP contribution in [0.5, 0.6) is 5.88 Å². The van der Waals surface area contributed by atoms with Crippen LogP contribution >= 0.6 is 23.2 Å². The quantitative estimate of drug-likeness (QED) is 0.143. The fourth-order valence-corrected chi connectivity index (χ4v) is 7.80. The summed E-state index contributed by atoms with van der Waals surface area (Å²) in [6.07, 6.45) is 5.91. The smallest absolute Gasteiger partial charge is 0.220 e. The fraction of sp³-hybridized carbons (Fsp3) is 0.368. The van der Waals surface area contributed by atoms with Gasteiger partial charge in [-0.3, -0.25) is 14.6 Å². The number of amides is 2. The first-order valence-electron chi connectivity index (χ1n) is 17.0. The molecule has 0 radical (unpaired) electrons. The highest BCUT2D eigenvalue weighted by Crippen LogP contribution is 2.42. The minimum Gasteiger partial charge on any atom is -0.481 e. The number of fused-ring (bicyclic) bond motifs is 1. The molecule has 7 rings (SSSR count). The Kier molecular flexibility index (Phi) is 10.1. The van der Waals surface area contributed by atoms with Crippen molar-refractivity contribution in [3.8, 4) is 39.5 Å². The van der Waals surface area contributed by atoms with Gasteiger partial charge in [0.2, 0.25) is 17.7 Å². The lowest BCUT2D eigenvalue weighted by molar-refractivity contribution is -0.120. The molecule has 2 saturated heterocycles. The molecule has 9 nitrogen and oxygen atoms in total. The molecular formula is C38H40Cl2N6O3. The third kappa shape index (κ3) is 7.31. The van der Waals surface area contributed by atoms with Crippen molar-refractivity contribution < 1.29 is 14.3 Å². The molecule has 2 fully saturated rings. The van der Waals surface area contributed by atoms with Gasteiger partial charge < -0.3 is 26.0 Å². The molecule has 254 valence electrons. The Balaban J connectivity index is 1.10. The van der Waals surface area contributed by atoms with Crippen LogP contribution in [0.4, 0.5) is 0 Å². The zero-order valence-corrected chi connectivity index (χ0v) is 29.0. The van der Waals surface area contributed by atoms with Crippen molar-refractivity contribution in [2.24, 2.45) is 0 Å². The van der Waals surface area contributed by atoms with Crippen LogP contribution in [0.2, 0.25) is 10.0 Å². The summed E-state index contributed by atoms with van der Waals surface area (Å²) in [5, 5.41) is 14.2. The summed E-state index contributed by atoms with van der Waals surface area (Å²) >= 11 is 14.3. The topological polar surface area (TPSA) is 117 Å². The van der Waals surface area contributed by atoms with Gasteiger partial charge in [-0.25, -0.2) is 4.98 Å². The number of aryl methyl sites for hydroxylation is 1. The zero-order valence-electron chi connectivity index (χ0n) is 27.5. The lowest BCUT2D eigenvalue weighted by Gasteiger charge is -2.27. The summed E-state index contributed by atoms with van der Waals surface area (Å²) in [6, 6.07) is 20.6. The van der Waals surface area contributed by atoms with E-state index in [2.05, 4.69) is 33.4 Å². The van der Waals surface area contributed by atoms with E-state index >= 15 is 0 Å². The number of hydrogen-bond acceptors (Lipinski definition) is 7. The molecule has 3 aliphatic rings. The maximum absolute atomic E-state index is 11.6. The number of nitrogens with zero attached hydrogens (tertiary/aromatic N) is 2. The number of aromatic nitrogens is 2. The molecule has 4 heterocycles. The number of nitrogens with one attached hydrogen (secondary N) is 4. The van der Waals surface area contributed by atoms with Crippen LogP contribution in [0.25, 0.3) is 33.6 Å². The van der Waals surface area contributed by atoms with Crippen LogP contribution < -0.4 is 26.0 Å². The van der Waals surface area contributed by atoms with E-state index in [0.717, 1.165) is 77.9 Å². The number of carbonyl (C=O) groups is 2. The van der Waals surface area contributed by atoms with E-state index in [-0.39, 0.29) is 29.9 Å². The molecule has 0 spiro atoms. The van der Waals surface area contributed by atoms with E-state index < -0.39 is 0 Å². The molecule has 4 N–H and O–H groups in total. The van der Waals surface area contributed by atoms with Crippen LogP contribution in [0, 0.1) is 0 Å². The third-order valence-corrected chi connectivity index (χ3v) is 10.6. The van der Waals surface area contributed by atoms with E-state index in [1.54, 1.807) is 7.11 Å². The van der Waals surface area contributed by atoms with E-state index in [1.165, 1.54) is 5.56 Å². The van der Waals surface area contributed by atoms with Crippen molar-refractivity contribution in [1.82, 2.24) is 31.2 Å². The molecule has 1 aliphatic carbocycles. The Hall–Kier alpha value is -4.02. The van der Waals surface area contributed by atoms with Gasteiger partial charge in [-0.1, -0.05) is 71.7 Å². The van der Waals surface area contributed by atoms with Gasteiger partial charge in [-0.05, 0) is 49.8 Å². The predicted molar refractivity (Wildman–Crippen MR) is 193 cm³/mol. The Morgan fingerprint density at radius 2 is 1.37 bits per heavy atom. The predicted octanol–water partition coefficient (Wildman–Crippen LogP) is 6.41. The minimum absolute atomic E-state index is 0.105.